The monoisotopic (exact) mass is 303 g/mol. The van der Waals surface area contributed by atoms with Gasteiger partial charge in [-0.05, 0) is 37.6 Å². The fourth-order valence-corrected chi connectivity index (χ4v) is 2.39. The van der Waals surface area contributed by atoms with E-state index in [4.69, 9.17) is 4.74 Å². The van der Waals surface area contributed by atoms with Crippen LogP contribution in [0.15, 0.2) is 42.5 Å². The quantitative estimate of drug-likeness (QED) is 0.858. The van der Waals surface area contributed by atoms with Crippen LogP contribution in [0.5, 0.6) is 5.75 Å². The molecular weight excluding hydrogens is 281 g/mol. The van der Waals surface area contributed by atoms with Gasteiger partial charge in [0.05, 0.1) is 13.2 Å². The zero-order valence-corrected chi connectivity index (χ0v) is 13.1. The molecule has 3 nitrogen and oxygen atoms in total. The number of ether oxygens (including phenoxy) is 1. The molecule has 0 bridgehead atoms. The first-order valence-corrected chi connectivity index (χ1v) is 7.32. The number of hydrogen-bond acceptors (Lipinski definition) is 3. The van der Waals surface area contributed by atoms with Crippen LogP contribution in [0.2, 0.25) is 0 Å². The largest absolute Gasteiger partial charge is 0.496 e. The third-order valence-corrected chi connectivity index (χ3v) is 3.72. The summed E-state index contributed by atoms with van der Waals surface area (Å²) in [5.74, 6) is 0.517. The van der Waals surface area contributed by atoms with Crippen LogP contribution < -0.4 is 10.1 Å². The third-order valence-electron chi connectivity index (χ3n) is 3.72. The van der Waals surface area contributed by atoms with Gasteiger partial charge in [-0.3, -0.25) is 0 Å². The van der Waals surface area contributed by atoms with Gasteiger partial charge < -0.3 is 15.2 Å². The normalized spacial score (nSPS) is 13.7. The lowest BCUT2D eigenvalue weighted by atomic mass is 10.0. The minimum absolute atomic E-state index is 0.0324. The van der Waals surface area contributed by atoms with Crippen molar-refractivity contribution < 1.29 is 14.2 Å². The van der Waals surface area contributed by atoms with Crippen LogP contribution in [0.3, 0.4) is 0 Å². The highest BCUT2D eigenvalue weighted by atomic mass is 19.1. The van der Waals surface area contributed by atoms with Crippen molar-refractivity contribution >= 4 is 0 Å². The van der Waals surface area contributed by atoms with Gasteiger partial charge in [0.15, 0.2) is 0 Å². The molecule has 0 amide bonds. The molecule has 0 aromatic heterocycles. The Bertz CT molecular complexity index is 613. The number of benzene rings is 2. The van der Waals surface area contributed by atoms with Crippen molar-refractivity contribution in [3.05, 3.63) is 65.0 Å². The molecule has 118 valence electrons. The van der Waals surface area contributed by atoms with Crippen molar-refractivity contribution in [3.63, 3.8) is 0 Å². The first-order chi connectivity index (χ1) is 10.5. The maximum Gasteiger partial charge on any atom is 0.123 e. The molecule has 4 heteroatoms. The van der Waals surface area contributed by atoms with Crippen LogP contribution in [-0.4, -0.2) is 18.8 Å². The number of nitrogens with one attached hydrogen (secondary N) is 1. The molecule has 2 N–H and O–H groups in total. The van der Waals surface area contributed by atoms with Gasteiger partial charge in [-0.25, -0.2) is 4.39 Å². The number of aliphatic hydroxyl groups excluding tert-OH is 1. The fourth-order valence-electron chi connectivity index (χ4n) is 2.39. The molecule has 0 heterocycles. The van der Waals surface area contributed by atoms with Crippen molar-refractivity contribution in [2.45, 2.75) is 26.0 Å². The van der Waals surface area contributed by atoms with E-state index in [2.05, 4.69) is 11.4 Å². The van der Waals surface area contributed by atoms with Crippen LogP contribution in [-0.2, 0) is 0 Å². The van der Waals surface area contributed by atoms with Crippen molar-refractivity contribution in [1.29, 1.82) is 0 Å². The van der Waals surface area contributed by atoms with Crippen molar-refractivity contribution in [1.82, 2.24) is 5.32 Å². The summed E-state index contributed by atoms with van der Waals surface area (Å²) in [6.45, 7) is 4.43. The summed E-state index contributed by atoms with van der Waals surface area (Å²) in [5.41, 5.74) is 2.90. The molecular formula is C18H22FNO2. The predicted molar refractivity (Wildman–Crippen MR) is 85.5 cm³/mol. The molecule has 2 aromatic rings. The topological polar surface area (TPSA) is 41.5 Å². The molecule has 2 atom stereocenters. The maximum atomic E-state index is 12.9. The van der Waals surface area contributed by atoms with E-state index in [1.54, 1.807) is 19.2 Å². The van der Waals surface area contributed by atoms with Gasteiger partial charge in [0.1, 0.15) is 11.6 Å². The van der Waals surface area contributed by atoms with Crippen LogP contribution in [0.4, 0.5) is 4.39 Å². The minimum Gasteiger partial charge on any atom is -0.496 e. The van der Waals surface area contributed by atoms with Crippen LogP contribution in [0.1, 0.15) is 35.8 Å². The first kappa shape index (κ1) is 16.5. The smallest absolute Gasteiger partial charge is 0.123 e. The van der Waals surface area contributed by atoms with E-state index in [0.29, 0.717) is 12.1 Å². The summed E-state index contributed by atoms with van der Waals surface area (Å²) in [4.78, 5) is 0. The molecule has 0 radical (unpaired) electrons. The van der Waals surface area contributed by atoms with E-state index in [9.17, 15) is 9.50 Å². The van der Waals surface area contributed by atoms with Crippen LogP contribution in [0.25, 0.3) is 0 Å². The Hall–Kier alpha value is -1.91. The zero-order chi connectivity index (χ0) is 16.1. The van der Waals surface area contributed by atoms with Crippen LogP contribution in [0, 0.1) is 12.7 Å². The summed E-state index contributed by atoms with van der Waals surface area (Å²) in [7, 11) is 1.65. The number of halogens is 1. The maximum absolute atomic E-state index is 12.9. The Morgan fingerprint density at radius 1 is 1.18 bits per heavy atom. The summed E-state index contributed by atoms with van der Waals surface area (Å²) in [5, 5.41) is 13.5. The number of rotatable bonds is 6. The Balaban J connectivity index is 2.01. The van der Waals surface area contributed by atoms with Gasteiger partial charge in [-0.2, -0.15) is 0 Å². The molecule has 0 aliphatic heterocycles. The average Bonchev–Trinajstić information content (AvgIpc) is 2.53. The Labute approximate surface area is 130 Å². The summed E-state index contributed by atoms with van der Waals surface area (Å²) < 4.78 is 18.3. The lowest BCUT2D eigenvalue weighted by Crippen LogP contribution is -2.25. The predicted octanol–water partition coefficient (Wildman–Crippen LogP) is 3.53. The Morgan fingerprint density at radius 2 is 1.86 bits per heavy atom. The van der Waals surface area contributed by atoms with Gasteiger partial charge >= 0.3 is 0 Å². The number of aliphatic hydroxyl groups is 1. The van der Waals surface area contributed by atoms with E-state index >= 15 is 0 Å². The number of aryl methyl sites for hydroxylation is 1. The number of methoxy groups -OCH3 is 1. The standard InChI is InChI=1S/C18H22FNO2/c1-12-4-9-18(22-3)16(10-12)13(2)20-11-17(21)14-5-7-15(19)8-6-14/h4-10,13,17,20-21H,11H2,1-3H3. The second-order valence-corrected chi connectivity index (χ2v) is 5.44. The highest BCUT2D eigenvalue weighted by Gasteiger charge is 2.14. The lowest BCUT2D eigenvalue weighted by Gasteiger charge is -2.20. The van der Waals surface area contributed by atoms with Gasteiger partial charge in [0.2, 0.25) is 0 Å². The lowest BCUT2D eigenvalue weighted by molar-refractivity contribution is 0.170. The second-order valence-electron chi connectivity index (χ2n) is 5.44. The SMILES string of the molecule is COc1ccc(C)cc1C(C)NCC(O)c1ccc(F)cc1. The summed E-state index contributed by atoms with van der Waals surface area (Å²) >= 11 is 0. The first-order valence-electron chi connectivity index (χ1n) is 7.32. The Kier molecular flexibility index (Phi) is 5.52. The van der Waals surface area contributed by atoms with E-state index < -0.39 is 6.10 Å². The summed E-state index contributed by atoms with van der Waals surface area (Å²) in [6.07, 6.45) is -0.682. The van der Waals surface area contributed by atoms with Crippen molar-refractivity contribution in [2.75, 3.05) is 13.7 Å². The Morgan fingerprint density at radius 3 is 2.50 bits per heavy atom. The second kappa shape index (κ2) is 7.38. The average molecular weight is 303 g/mol. The van der Waals surface area contributed by atoms with Gasteiger partial charge in [-0.15, -0.1) is 0 Å². The van der Waals surface area contributed by atoms with Gasteiger partial charge in [0.25, 0.3) is 0 Å². The molecule has 0 saturated carbocycles. The molecule has 0 saturated heterocycles. The highest BCUT2D eigenvalue weighted by molar-refractivity contribution is 5.38. The van der Waals surface area contributed by atoms with E-state index in [1.807, 2.05) is 26.0 Å². The van der Waals surface area contributed by atoms with Gasteiger partial charge in [-0.1, -0.05) is 29.8 Å². The van der Waals surface area contributed by atoms with E-state index in [1.165, 1.54) is 12.1 Å². The molecule has 0 aliphatic rings. The van der Waals surface area contributed by atoms with Gasteiger partial charge in [0, 0.05) is 18.2 Å². The van der Waals surface area contributed by atoms with Crippen molar-refractivity contribution in [2.24, 2.45) is 0 Å². The summed E-state index contributed by atoms with van der Waals surface area (Å²) in [6, 6.07) is 11.9. The molecule has 0 spiro atoms. The molecule has 0 fully saturated rings. The number of hydrogen-bond donors (Lipinski definition) is 2. The minimum atomic E-state index is -0.682. The third kappa shape index (κ3) is 4.06. The molecule has 2 rings (SSSR count). The van der Waals surface area contributed by atoms with Crippen molar-refractivity contribution in [3.8, 4) is 5.75 Å². The molecule has 22 heavy (non-hydrogen) atoms. The molecule has 2 aromatic carbocycles. The molecule has 0 aliphatic carbocycles. The fraction of sp³-hybridized carbons (Fsp3) is 0.333. The zero-order valence-electron chi connectivity index (χ0n) is 13.1. The van der Waals surface area contributed by atoms with E-state index in [0.717, 1.165) is 16.9 Å². The highest BCUT2D eigenvalue weighted by Crippen LogP contribution is 2.26. The van der Waals surface area contributed by atoms with E-state index in [-0.39, 0.29) is 11.9 Å². The molecule has 2 unspecified atom stereocenters. The van der Waals surface area contributed by atoms with Crippen LogP contribution >= 0.6 is 0 Å².